The molecule has 2 aromatic rings. The van der Waals surface area contributed by atoms with Crippen molar-refractivity contribution in [3.8, 4) is 11.8 Å². The van der Waals surface area contributed by atoms with Crippen molar-refractivity contribution in [2.75, 3.05) is 12.4 Å². The van der Waals surface area contributed by atoms with Gasteiger partial charge in [-0.25, -0.2) is 0 Å². The van der Waals surface area contributed by atoms with E-state index in [4.69, 9.17) is 16.3 Å². The maximum absolute atomic E-state index is 9.19. The van der Waals surface area contributed by atoms with E-state index in [0.29, 0.717) is 16.4 Å². The molecule has 0 aliphatic heterocycles. The highest BCUT2D eigenvalue weighted by Gasteiger charge is 2.01. The Morgan fingerprint density at radius 3 is 2.50 bits per heavy atom. The molecule has 0 unspecified atom stereocenters. The minimum atomic E-state index is 0.420. The number of methoxy groups -OCH3 is 1. The van der Waals surface area contributed by atoms with Gasteiger partial charge in [-0.3, -0.25) is 0 Å². The molecule has 0 amide bonds. The number of allylic oxidation sites excluding steroid dienone is 1. The predicted molar refractivity (Wildman–Crippen MR) is 81.7 cm³/mol. The number of rotatable bonds is 4. The number of ether oxygens (including phenoxy) is 1. The number of para-hydroxylation sites is 1. The standard InChI is InChI=1S/C16H13ClN2O/c1-20-14-8-6-12(7-9-14)10-13(11-18)19-16-5-3-2-4-15(16)17/h2-10,19H,1H3/b13-10+. The van der Waals surface area contributed by atoms with Crippen LogP contribution < -0.4 is 10.1 Å². The van der Waals surface area contributed by atoms with Gasteiger partial charge in [0.05, 0.1) is 17.8 Å². The molecule has 100 valence electrons. The first kappa shape index (κ1) is 14.0. The molecular weight excluding hydrogens is 272 g/mol. The summed E-state index contributed by atoms with van der Waals surface area (Å²) >= 11 is 6.05. The largest absolute Gasteiger partial charge is 0.497 e. The van der Waals surface area contributed by atoms with Gasteiger partial charge in [-0.05, 0) is 35.9 Å². The molecule has 4 heteroatoms. The van der Waals surface area contributed by atoms with E-state index in [1.54, 1.807) is 19.3 Å². The Morgan fingerprint density at radius 2 is 1.90 bits per heavy atom. The number of nitrogens with one attached hydrogen (secondary N) is 1. The van der Waals surface area contributed by atoms with Gasteiger partial charge in [-0.2, -0.15) is 5.26 Å². The van der Waals surface area contributed by atoms with Crippen LogP contribution in [0.4, 0.5) is 5.69 Å². The number of anilines is 1. The molecule has 3 nitrogen and oxygen atoms in total. The lowest BCUT2D eigenvalue weighted by Crippen LogP contribution is -1.97. The number of halogens is 1. The molecule has 2 aromatic carbocycles. The second-order valence-corrected chi connectivity index (χ2v) is 4.46. The van der Waals surface area contributed by atoms with Gasteiger partial charge in [0.15, 0.2) is 0 Å². The van der Waals surface area contributed by atoms with Crippen LogP contribution in [0.2, 0.25) is 5.02 Å². The Labute approximate surface area is 123 Å². The Kier molecular flexibility index (Phi) is 4.65. The molecule has 2 rings (SSSR count). The van der Waals surface area contributed by atoms with Crippen LogP contribution >= 0.6 is 11.6 Å². The van der Waals surface area contributed by atoms with Gasteiger partial charge in [0.25, 0.3) is 0 Å². The van der Waals surface area contributed by atoms with E-state index in [-0.39, 0.29) is 0 Å². The number of benzene rings is 2. The Bertz CT molecular complexity index is 657. The van der Waals surface area contributed by atoms with Gasteiger partial charge in [-0.1, -0.05) is 35.9 Å². The van der Waals surface area contributed by atoms with E-state index in [2.05, 4.69) is 11.4 Å². The van der Waals surface area contributed by atoms with Crippen LogP contribution in [0.5, 0.6) is 5.75 Å². The van der Waals surface area contributed by atoms with Crippen molar-refractivity contribution in [1.29, 1.82) is 5.26 Å². The summed E-state index contributed by atoms with van der Waals surface area (Å²) < 4.78 is 5.09. The third-order valence-corrected chi connectivity index (χ3v) is 3.02. The zero-order chi connectivity index (χ0) is 14.4. The van der Waals surface area contributed by atoms with Gasteiger partial charge < -0.3 is 10.1 Å². The highest BCUT2D eigenvalue weighted by molar-refractivity contribution is 6.33. The Morgan fingerprint density at radius 1 is 1.20 bits per heavy atom. The fourth-order valence-corrected chi connectivity index (χ4v) is 1.85. The van der Waals surface area contributed by atoms with Crippen LogP contribution in [-0.2, 0) is 0 Å². The van der Waals surface area contributed by atoms with Crippen molar-refractivity contribution in [3.05, 3.63) is 64.8 Å². The lowest BCUT2D eigenvalue weighted by atomic mass is 10.2. The highest BCUT2D eigenvalue weighted by Crippen LogP contribution is 2.22. The maximum Gasteiger partial charge on any atom is 0.118 e. The van der Waals surface area contributed by atoms with E-state index < -0.39 is 0 Å². The normalized spacial score (nSPS) is 10.8. The Hall–Kier alpha value is -2.44. The number of nitriles is 1. The summed E-state index contributed by atoms with van der Waals surface area (Å²) in [4.78, 5) is 0. The van der Waals surface area contributed by atoms with E-state index in [9.17, 15) is 5.26 Å². The van der Waals surface area contributed by atoms with Crippen molar-refractivity contribution >= 4 is 23.4 Å². The summed E-state index contributed by atoms with van der Waals surface area (Å²) in [6.45, 7) is 0. The first-order valence-corrected chi connectivity index (χ1v) is 6.38. The molecule has 0 saturated carbocycles. The average Bonchev–Trinajstić information content (AvgIpc) is 2.49. The summed E-state index contributed by atoms with van der Waals surface area (Å²) in [5, 5.41) is 12.8. The van der Waals surface area contributed by atoms with E-state index in [1.807, 2.05) is 42.5 Å². The van der Waals surface area contributed by atoms with Crippen LogP contribution in [0.25, 0.3) is 6.08 Å². The predicted octanol–water partition coefficient (Wildman–Crippen LogP) is 4.33. The zero-order valence-electron chi connectivity index (χ0n) is 10.9. The van der Waals surface area contributed by atoms with Crippen molar-refractivity contribution < 1.29 is 4.74 Å². The van der Waals surface area contributed by atoms with E-state index in [0.717, 1.165) is 11.3 Å². The summed E-state index contributed by atoms with van der Waals surface area (Å²) in [5.41, 5.74) is 2.03. The second-order valence-electron chi connectivity index (χ2n) is 4.05. The molecule has 0 bridgehead atoms. The Balaban J connectivity index is 2.21. The van der Waals surface area contributed by atoms with Crippen LogP contribution in [0, 0.1) is 11.3 Å². The third kappa shape index (κ3) is 3.53. The van der Waals surface area contributed by atoms with Crippen molar-refractivity contribution in [2.45, 2.75) is 0 Å². The topological polar surface area (TPSA) is 45.0 Å². The smallest absolute Gasteiger partial charge is 0.118 e. The minimum Gasteiger partial charge on any atom is -0.497 e. The number of hydrogen-bond donors (Lipinski definition) is 1. The third-order valence-electron chi connectivity index (χ3n) is 2.69. The molecule has 0 aliphatic carbocycles. The first-order chi connectivity index (χ1) is 9.72. The molecule has 0 aromatic heterocycles. The van der Waals surface area contributed by atoms with Gasteiger partial charge >= 0.3 is 0 Å². The van der Waals surface area contributed by atoms with Crippen LogP contribution in [0.3, 0.4) is 0 Å². The van der Waals surface area contributed by atoms with E-state index in [1.165, 1.54) is 0 Å². The molecular formula is C16H13ClN2O. The molecule has 0 fully saturated rings. The monoisotopic (exact) mass is 284 g/mol. The van der Waals surface area contributed by atoms with Crippen LogP contribution in [0.15, 0.2) is 54.2 Å². The molecule has 0 heterocycles. The molecule has 0 aliphatic rings. The summed E-state index contributed by atoms with van der Waals surface area (Å²) in [5.74, 6) is 0.778. The first-order valence-electron chi connectivity index (χ1n) is 6.00. The molecule has 0 spiro atoms. The van der Waals surface area contributed by atoms with Crippen molar-refractivity contribution in [3.63, 3.8) is 0 Å². The van der Waals surface area contributed by atoms with Crippen molar-refractivity contribution in [1.82, 2.24) is 0 Å². The van der Waals surface area contributed by atoms with Crippen LogP contribution in [0.1, 0.15) is 5.56 Å². The number of nitrogens with zero attached hydrogens (tertiary/aromatic N) is 1. The highest BCUT2D eigenvalue weighted by atomic mass is 35.5. The molecule has 0 radical (unpaired) electrons. The van der Waals surface area contributed by atoms with Crippen LogP contribution in [-0.4, -0.2) is 7.11 Å². The van der Waals surface area contributed by atoms with Gasteiger partial charge in [-0.15, -0.1) is 0 Å². The zero-order valence-corrected chi connectivity index (χ0v) is 11.7. The summed E-state index contributed by atoms with van der Waals surface area (Å²) in [7, 11) is 1.62. The summed E-state index contributed by atoms with van der Waals surface area (Å²) in [6.07, 6.45) is 1.75. The fraction of sp³-hybridized carbons (Fsp3) is 0.0625. The average molecular weight is 285 g/mol. The van der Waals surface area contributed by atoms with E-state index >= 15 is 0 Å². The molecule has 1 N–H and O–H groups in total. The molecule has 20 heavy (non-hydrogen) atoms. The quantitative estimate of drug-likeness (QED) is 0.850. The SMILES string of the molecule is COc1ccc(/C=C(\C#N)Nc2ccccc2Cl)cc1. The molecule has 0 atom stereocenters. The number of hydrogen-bond acceptors (Lipinski definition) is 3. The lowest BCUT2D eigenvalue weighted by Gasteiger charge is -2.06. The van der Waals surface area contributed by atoms with Gasteiger partial charge in [0.1, 0.15) is 17.5 Å². The van der Waals surface area contributed by atoms with Gasteiger partial charge in [0.2, 0.25) is 0 Å². The summed E-state index contributed by atoms with van der Waals surface area (Å²) in [6, 6.07) is 16.8. The lowest BCUT2D eigenvalue weighted by molar-refractivity contribution is 0.415. The maximum atomic E-state index is 9.19. The van der Waals surface area contributed by atoms with Gasteiger partial charge in [0, 0.05) is 0 Å². The minimum absolute atomic E-state index is 0.420. The second kappa shape index (κ2) is 6.65. The molecule has 0 saturated heterocycles. The van der Waals surface area contributed by atoms with Crippen molar-refractivity contribution in [2.24, 2.45) is 0 Å². The fourth-order valence-electron chi connectivity index (χ4n) is 1.67.